The Morgan fingerprint density at radius 1 is 0.846 bits per heavy atom. The van der Waals surface area contributed by atoms with E-state index in [-0.39, 0.29) is 6.03 Å². The van der Waals surface area contributed by atoms with Gasteiger partial charge in [-0.05, 0) is 47.5 Å². The summed E-state index contributed by atoms with van der Waals surface area (Å²) < 4.78 is 0. The van der Waals surface area contributed by atoms with Gasteiger partial charge in [-0.25, -0.2) is 4.79 Å². The van der Waals surface area contributed by atoms with Crippen molar-refractivity contribution in [1.29, 1.82) is 0 Å². The van der Waals surface area contributed by atoms with Gasteiger partial charge < -0.3 is 10.2 Å². The number of fused-ring (bicyclic) bond motifs is 1. The summed E-state index contributed by atoms with van der Waals surface area (Å²) in [7, 11) is 1.91. The minimum atomic E-state index is -0.00962. The largest absolute Gasteiger partial charge is 0.388 e. The smallest absolute Gasteiger partial charge is 0.329 e. The Kier molecular flexibility index (Phi) is 4.32. The third-order valence-corrected chi connectivity index (χ3v) is 4.71. The highest BCUT2D eigenvalue weighted by atomic mass is 16.2. The maximum Gasteiger partial charge on any atom is 0.329 e. The van der Waals surface area contributed by atoms with Gasteiger partial charge in [0.2, 0.25) is 0 Å². The Hall–Kier alpha value is -3.27. The van der Waals surface area contributed by atoms with Crippen LogP contribution in [0.2, 0.25) is 0 Å². The van der Waals surface area contributed by atoms with Crippen LogP contribution < -0.4 is 10.2 Å². The summed E-state index contributed by atoms with van der Waals surface area (Å²) in [6, 6.07) is 25.9. The van der Waals surface area contributed by atoms with Gasteiger partial charge in [0.15, 0.2) is 0 Å². The van der Waals surface area contributed by atoms with Crippen LogP contribution in [0, 0.1) is 0 Å². The van der Waals surface area contributed by atoms with Crippen molar-refractivity contribution in [3.63, 3.8) is 0 Å². The standard InChI is InChI=1S/C22H21N3O/c1-23-19-13-12-17-15-24(16-18(17)14-19)22(26)25(20-8-4-2-5-9-20)21-10-6-3-7-11-21/h2-14,23H,15-16H2,1H3. The summed E-state index contributed by atoms with van der Waals surface area (Å²) in [5, 5.41) is 3.16. The monoisotopic (exact) mass is 343 g/mol. The summed E-state index contributed by atoms with van der Waals surface area (Å²) in [4.78, 5) is 17.1. The van der Waals surface area contributed by atoms with Crippen LogP contribution in [0.5, 0.6) is 0 Å². The van der Waals surface area contributed by atoms with Crippen LogP contribution in [0.15, 0.2) is 78.9 Å². The molecule has 1 N–H and O–H groups in total. The van der Waals surface area contributed by atoms with Gasteiger partial charge in [-0.2, -0.15) is 0 Å². The van der Waals surface area contributed by atoms with Gasteiger partial charge in [-0.15, -0.1) is 0 Å². The van der Waals surface area contributed by atoms with E-state index in [0.29, 0.717) is 13.1 Å². The molecule has 0 radical (unpaired) electrons. The summed E-state index contributed by atoms with van der Waals surface area (Å²) in [5.74, 6) is 0. The molecule has 1 aliphatic rings. The highest BCUT2D eigenvalue weighted by Gasteiger charge is 2.29. The number of urea groups is 1. The molecule has 0 aliphatic carbocycles. The molecule has 2 amide bonds. The number of carbonyl (C=O) groups excluding carboxylic acids is 1. The van der Waals surface area contributed by atoms with Crippen LogP contribution in [0.1, 0.15) is 11.1 Å². The highest BCUT2D eigenvalue weighted by molar-refractivity contribution is 5.99. The van der Waals surface area contributed by atoms with E-state index in [1.807, 2.05) is 72.6 Å². The van der Waals surface area contributed by atoms with E-state index in [9.17, 15) is 4.79 Å². The van der Waals surface area contributed by atoms with Gasteiger partial charge in [-0.3, -0.25) is 4.90 Å². The van der Waals surface area contributed by atoms with Gasteiger partial charge in [0.25, 0.3) is 0 Å². The topological polar surface area (TPSA) is 35.6 Å². The van der Waals surface area contributed by atoms with E-state index in [2.05, 4.69) is 23.5 Å². The van der Waals surface area contributed by atoms with E-state index in [1.165, 1.54) is 11.1 Å². The molecule has 0 bridgehead atoms. The fraction of sp³-hybridized carbons (Fsp3) is 0.136. The molecule has 1 aliphatic heterocycles. The van der Waals surface area contributed by atoms with Crippen molar-refractivity contribution in [3.05, 3.63) is 90.0 Å². The lowest BCUT2D eigenvalue weighted by atomic mass is 10.1. The SMILES string of the molecule is CNc1ccc2c(c1)CN(C(=O)N(c1ccccc1)c1ccccc1)C2. The molecule has 4 nitrogen and oxygen atoms in total. The number of para-hydroxylation sites is 2. The number of hydrogen-bond donors (Lipinski definition) is 1. The van der Waals surface area contributed by atoms with Crippen molar-refractivity contribution in [2.45, 2.75) is 13.1 Å². The van der Waals surface area contributed by atoms with Crippen molar-refractivity contribution in [1.82, 2.24) is 4.90 Å². The number of rotatable bonds is 3. The van der Waals surface area contributed by atoms with Crippen LogP contribution in [0.25, 0.3) is 0 Å². The fourth-order valence-corrected chi connectivity index (χ4v) is 3.35. The van der Waals surface area contributed by atoms with Crippen molar-refractivity contribution in [2.75, 3.05) is 17.3 Å². The van der Waals surface area contributed by atoms with E-state index >= 15 is 0 Å². The molecule has 3 aromatic rings. The lowest BCUT2D eigenvalue weighted by Gasteiger charge is -2.28. The number of benzene rings is 3. The fourth-order valence-electron chi connectivity index (χ4n) is 3.35. The highest BCUT2D eigenvalue weighted by Crippen LogP contribution is 2.31. The normalized spacial score (nSPS) is 12.6. The molecule has 0 spiro atoms. The number of nitrogens with zero attached hydrogens (tertiary/aromatic N) is 2. The van der Waals surface area contributed by atoms with Crippen molar-refractivity contribution < 1.29 is 4.79 Å². The van der Waals surface area contributed by atoms with E-state index in [4.69, 9.17) is 0 Å². The minimum absolute atomic E-state index is 0.00962. The zero-order valence-electron chi connectivity index (χ0n) is 14.7. The van der Waals surface area contributed by atoms with Gasteiger partial charge in [0.05, 0.1) is 11.4 Å². The van der Waals surface area contributed by atoms with E-state index in [1.54, 1.807) is 4.90 Å². The summed E-state index contributed by atoms with van der Waals surface area (Å²) in [5.41, 5.74) is 5.22. The third kappa shape index (κ3) is 3.02. The first kappa shape index (κ1) is 16.2. The number of carbonyl (C=O) groups is 1. The predicted octanol–water partition coefficient (Wildman–Crippen LogP) is 5.00. The van der Waals surface area contributed by atoms with E-state index < -0.39 is 0 Å². The molecule has 4 heteroatoms. The van der Waals surface area contributed by atoms with Crippen LogP contribution >= 0.6 is 0 Å². The Balaban J connectivity index is 1.66. The first-order valence-corrected chi connectivity index (χ1v) is 8.75. The third-order valence-electron chi connectivity index (χ3n) is 4.71. The van der Waals surface area contributed by atoms with Crippen LogP contribution in [0.4, 0.5) is 21.9 Å². The molecule has 1 heterocycles. The predicted molar refractivity (Wildman–Crippen MR) is 106 cm³/mol. The number of nitrogens with one attached hydrogen (secondary N) is 1. The minimum Gasteiger partial charge on any atom is -0.388 e. The Morgan fingerprint density at radius 3 is 2.00 bits per heavy atom. The van der Waals surface area contributed by atoms with Crippen LogP contribution in [0.3, 0.4) is 0 Å². The molecule has 0 atom stereocenters. The molecule has 0 unspecified atom stereocenters. The zero-order chi connectivity index (χ0) is 17.9. The van der Waals surface area contributed by atoms with E-state index in [0.717, 1.165) is 17.1 Å². The molecule has 3 aromatic carbocycles. The van der Waals surface area contributed by atoms with Crippen molar-refractivity contribution in [3.8, 4) is 0 Å². The van der Waals surface area contributed by atoms with Gasteiger partial charge >= 0.3 is 6.03 Å². The molecule has 130 valence electrons. The molecule has 0 aromatic heterocycles. The Labute approximate surface area is 153 Å². The molecule has 0 saturated carbocycles. The number of amides is 2. The molecule has 0 fully saturated rings. The van der Waals surface area contributed by atoms with Gasteiger partial charge in [0, 0.05) is 25.8 Å². The molecule has 0 saturated heterocycles. The second-order valence-corrected chi connectivity index (χ2v) is 6.38. The van der Waals surface area contributed by atoms with Crippen molar-refractivity contribution in [2.24, 2.45) is 0 Å². The number of hydrogen-bond acceptors (Lipinski definition) is 2. The Bertz CT molecular complexity index is 870. The summed E-state index contributed by atoms with van der Waals surface area (Å²) in [6.07, 6.45) is 0. The van der Waals surface area contributed by atoms with Crippen LogP contribution in [-0.2, 0) is 13.1 Å². The van der Waals surface area contributed by atoms with Gasteiger partial charge in [-0.1, -0.05) is 42.5 Å². The second-order valence-electron chi connectivity index (χ2n) is 6.38. The lowest BCUT2D eigenvalue weighted by Crippen LogP contribution is -2.37. The van der Waals surface area contributed by atoms with Gasteiger partial charge in [0.1, 0.15) is 0 Å². The quantitative estimate of drug-likeness (QED) is 0.726. The maximum atomic E-state index is 13.4. The zero-order valence-corrected chi connectivity index (χ0v) is 14.7. The number of anilines is 3. The molecule has 26 heavy (non-hydrogen) atoms. The maximum absolute atomic E-state index is 13.4. The van der Waals surface area contributed by atoms with Crippen LogP contribution in [-0.4, -0.2) is 18.0 Å². The first-order chi connectivity index (χ1) is 12.8. The Morgan fingerprint density at radius 2 is 1.42 bits per heavy atom. The second kappa shape index (κ2) is 6.92. The first-order valence-electron chi connectivity index (χ1n) is 8.75. The lowest BCUT2D eigenvalue weighted by molar-refractivity contribution is 0.208. The molecule has 4 rings (SSSR count). The summed E-state index contributed by atoms with van der Waals surface area (Å²) >= 11 is 0. The average Bonchev–Trinajstić information content (AvgIpc) is 3.13. The summed E-state index contributed by atoms with van der Waals surface area (Å²) in [6.45, 7) is 1.26. The molecular formula is C22H21N3O. The molecular weight excluding hydrogens is 322 g/mol. The van der Waals surface area contributed by atoms with Crippen molar-refractivity contribution >= 4 is 23.1 Å². The average molecular weight is 343 g/mol.